The average molecular weight is 646 g/mol. The number of likely N-dealkylation sites (N-methyl/N-ethyl adjacent to an activating group) is 1. The molecule has 0 spiro atoms. The van der Waals surface area contributed by atoms with Gasteiger partial charge in [0.25, 0.3) is 5.91 Å². The first kappa shape index (κ1) is 32.7. The highest BCUT2D eigenvalue weighted by Crippen LogP contribution is 2.37. The summed E-state index contributed by atoms with van der Waals surface area (Å²) in [5.74, 6) is -0.0931. The molecule has 10 heteroatoms. The Hall–Kier alpha value is -4.22. The SMILES string of the molecule is CN1C(O)c2cc(NC(=O)c3ccc(C(F)(F)F)cc3)ccc2OC[C@@H]2O[C@H](CN(Cc3ccccc3)Cc3ccccc3)CC[C@@H]21. The third kappa shape index (κ3) is 8.02. The number of nitrogens with one attached hydrogen (secondary N) is 1. The van der Waals surface area contributed by atoms with Crippen LogP contribution in [-0.4, -0.2) is 59.3 Å². The molecule has 6 rings (SSSR count). The van der Waals surface area contributed by atoms with Gasteiger partial charge in [0, 0.05) is 42.5 Å². The molecule has 246 valence electrons. The highest BCUT2D eigenvalue weighted by atomic mass is 19.4. The van der Waals surface area contributed by atoms with Gasteiger partial charge in [0.05, 0.1) is 11.7 Å². The number of alkyl halides is 3. The number of aliphatic hydroxyl groups is 1. The summed E-state index contributed by atoms with van der Waals surface area (Å²) in [6.07, 6.45) is -4.18. The molecule has 2 aliphatic heterocycles. The average Bonchev–Trinajstić information content (AvgIpc) is 3.07. The van der Waals surface area contributed by atoms with Crippen LogP contribution in [0.15, 0.2) is 103 Å². The minimum atomic E-state index is -4.48. The van der Waals surface area contributed by atoms with Crippen molar-refractivity contribution in [3.8, 4) is 5.75 Å². The van der Waals surface area contributed by atoms with Gasteiger partial charge in [-0.05, 0) is 73.5 Å². The number of aliphatic hydroxyl groups excluding tert-OH is 1. The molecule has 2 N–H and O–H groups in total. The molecular formula is C37H38F3N3O4. The van der Waals surface area contributed by atoms with Gasteiger partial charge in [-0.15, -0.1) is 0 Å². The predicted octanol–water partition coefficient (Wildman–Crippen LogP) is 6.89. The Balaban J connectivity index is 1.13. The Kier molecular flexibility index (Phi) is 9.93. The number of hydrogen-bond acceptors (Lipinski definition) is 6. The summed E-state index contributed by atoms with van der Waals surface area (Å²) in [6, 6.07) is 29.7. The molecule has 1 unspecified atom stereocenters. The van der Waals surface area contributed by atoms with E-state index in [9.17, 15) is 23.1 Å². The number of amides is 1. The third-order valence-corrected chi connectivity index (χ3v) is 8.87. The number of hydrogen-bond donors (Lipinski definition) is 2. The summed E-state index contributed by atoms with van der Waals surface area (Å²) in [5, 5.41) is 14.2. The number of fused-ring (bicyclic) bond motifs is 2. The van der Waals surface area contributed by atoms with Gasteiger partial charge in [-0.1, -0.05) is 60.7 Å². The zero-order valence-electron chi connectivity index (χ0n) is 26.1. The fourth-order valence-corrected chi connectivity index (χ4v) is 6.40. The Morgan fingerprint density at radius 1 is 0.915 bits per heavy atom. The van der Waals surface area contributed by atoms with Gasteiger partial charge in [-0.25, -0.2) is 0 Å². The largest absolute Gasteiger partial charge is 0.490 e. The van der Waals surface area contributed by atoms with Crippen molar-refractivity contribution in [1.29, 1.82) is 0 Å². The van der Waals surface area contributed by atoms with Crippen LogP contribution in [-0.2, 0) is 24.0 Å². The maximum absolute atomic E-state index is 12.9. The lowest BCUT2D eigenvalue weighted by Crippen LogP contribution is -2.54. The normalized spacial score (nSPS) is 21.6. The second-order valence-electron chi connectivity index (χ2n) is 12.2. The number of ether oxygens (including phenoxy) is 2. The zero-order valence-corrected chi connectivity index (χ0v) is 26.1. The highest BCUT2D eigenvalue weighted by molar-refractivity contribution is 6.04. The molecule has 4 aromatic carbocycles. The van der Waals surface area contributed by atoms with Gasteiger partial charge in [-0.2, -0.15) is 13.2 Å². The van der Waals surface area contributed by atoms with E-state index in [0.29, 0.717) is 23.6 Å². The molecule has 0 aromatic heterocycles. The fourth-order valence-electron chi connectivity index (χ4n) is 6.40. The number of halogens is 3. The Bertz CT molecular complexity index is 1600. The summed E-state index contributed by atoms with van der Waals surface area (Å²) in [6.45, 7) is 2.63. The van der Waals surface area contributed by atoms with Crippen LogP contribution in [0.5, 0.6) is 5.75 Å². The molecule has 1 fully saturated rings. The van der Waals surface area contributed by atoms with Crippen molar-refractivity contribution >= 4 is 11.6 Å². The van der Waals surface area contributed by atoms with Crippen molar-refractivity contribution in [1.82, 2.24) is 9.80 Å². The Morgan fingerprint density at radius 3 is 2.17 bits per heavy atom. The molecule has 0 saturated carbocycles. The van der Waals surface area contributed by atoms with Crippen molar-refractivity contribution < 1.29 is 32.5 Å². The van der Waals surface area contributed by atoms with E-state index in [1.807, 2.05) is 24.1 Å². The molecule has 4 atom stereocenters. The van der Waals surface area contributed by atoms with E-state index >= 15 is 0 Å². The van der Waals surface area contributed by atoms with Gasteiger partial charge >= 0.3 is 6.18 Å². The van der Waals surface area contributed by atoms with Crippen LogP contribution in [0, 0.1) is 0 Å². The summed E-state index contributed by atoms with van der Waals surface area (Å²) < 4.78 is 51.7. The quantitative estimate of drug-likeness (QED) is 0.218. The van der Waals surface area contributed by atoms with Crippen molar-refractivity contribution in [2.45, 2.75) is 56.6 Å². The minimum Gasteiger partial charge on any atom is -0.490 e. The lowest BCUT2D eigenvalue weighted by molar-refractivity contribution is -0.148. The van der Waals surface area contributed by atoms with Crippen molar-refractivity contribution in [3.05, 3.63) is 131 Å². The number of rotatable bonds is 8. The Labute approximate surface area is 272 Å². The zero-order chi connectivity index (χ0) is 33.0. The summed E-state index contributed by atoms with van der Waals surface area (Å²) in [5.41, 5.74) is 2.60. The fraction of sp³-hybridized carbons (Fsp3) is 0.324. The third-order valence-electron chi connectivity index (χ3n) is 8.87. The van der Waals surface area contributed by atoms with Gasteiger partial charge in [0.1, 0.15) is 24.7 Å². The van der Waals surface area contributed by atoms with Crippen LogP contribution in [0.25, 0.3) is 0 Å². The molecule has 0 bridgehead atoms. The first-order valence-corrected chi connectivity index (χ1v) is 15.7. The van der Waals surface area contributed by atoms with Crippen LogP contribution in [0.3, 0.4) is 0 Å². The predicted molar refractivity (Wildman–Crippen MR) is 173 cm³/mol. The van der Waals surface area contributed by atoms with Crippen molar-refractivity contribution in [3.63, 3.8) is 0 Å². The molecule has 4 aromatic rings. The molecular weight excluding hydrogens is 607 g/mol. The second-order valence-corrected chi connectivity index (χ2v) is 12.2. The van der Waals surface area contributed by atoms with E-state index in [2.05, 4.69) is 58.7 Å². The summed E-state index contributed by atoms with van der Waals surface area (Å²) in [7, 11) is 1.85. The van der Waals surface area contributed by atoms with Crippen LogP contribution < -0.4 is 10.1 Å². The number of carbonyl (C=O) groups excluding carboxylic acids is 1. The van der Waals surface area contributed by atoms with E-state index in [0.717, 1.165) is 56.7 Å². The van der Waals surface area contributed by atoms with E-state index in [1.165, 1.54) is 11.1 Å². The van der Waals surface area contributed by atoms with E-state index in [1.54, 1.807) is 18.2 Å². The lowest BCUT2D eigenvalue weighted by Gasteiger charge is -2.45. The standard InChI is InChI=1S/C37H38F3N3O4/c1-42-32-18-17-30(23-43(21-25-8-4-2-5-9-25)22-26-10-6-3-7-11-26)47-34(32)24-46-33-19-16-29(20-31(33)36(42)45)41-35(44)27-12-14-28(15-13-27)37(38,39)40/h2-16,19-20,30,32,34,36,45H,17-18,21-24H2,1H3,(H,41,44)/t30-,32-,34-,36?/m0/s1. The number of carbonyl (C=O) groups is 1. The first-order valence-electron chi connectivity index (χ1n) is 15.7. The van der Waals surface area contributed by atoms with Crippen molar-refractivity contribution in [2.24, 2.45) is 0 Å². The molecule has 2 aliphatic rings. The number of anilines is 1. The van der Waals surface area contributed by atoms with E-state index in [4.69, 9.17) is 9.47 Å². The summed E-state index contributed by atoms with van der Waals surface area (Å²) in [4.78, 5) is 17.1. The van der Waals surface area contributed by atoms with Gasteiger partial charge in [0.15, 0.2) is 0 Å². The lowest BCUT2D eigenvalue weighted by atomic mass is 9.95. The smallest absolute Gasteiger partial charge is 0.416 e. The first-order chi connectivity index (χ1) is 22.6. The maximum atomic E-state index is 12.9. The van der Waals surface area contributed by atoms with E-state index < -0.39 is 23.9 Å². The van der Waals surface area contributed by atoms with Crippen LogP contribution in [0.1, 0.15) is 51.7 Å². The number of benzene rings is 4. The van der Waals surface area contributed by atoms with Crippen LogP contribution in [0.4, 0.5) is 18.9 Å². The Morgan fingerprint density at radius 2 is 1.55 bits per heavy atom. The van der Waals surface area contributed by atoms with Gasteiger partial charge < -0.3 is 19.9 Å². The molecule has 7 nitrogen and oxygen atoms in total. The highest BCUT2D eigenvalue weighted by Gasteiger charge is 2.39. The molecule has 47 heavy (non-hydrogen) atoms. The molecule has 1 amide bonds. The van der Waals surface area contributed by atoms with Crippen molar-refractivity contribution in [2.75, 3.05) is 25.5 Å². The minimum absolute atomic E-state index is 0.0144. The monoisotopic (exact) mass is 645 g/mol. The van der Waals surface area contributed by atoms with Gasteiger partial charge in [0.2, 0.25) is 0 Å². The van der Waals surface area contributed by atoms with Crippen LogP contribution in [0.2, 0.25) is 0 Å². The molecule has 0 radical (unpaired) electrons. The molecule has 2 heterocycles. The second kappa shape index (κ2) is 14.3. The van der Waals surface area contributed by atoms with E-state index in [-0.39, 0.29) is 23.8 Å². The summed E-state index contributed by atoms with van der Waals surface area (Å²) >= 11 is 0. The van der Waals surface area contributed by atoms with Gasteiger partial charge in [-0.3, -0.25) is 14.6 Å². The molecule has 0 aliphatic carbocycles. The topological polar surface area (TPSA) is 74.3 Å². The molecule has 1 saturated heterocycles. The van der Waals surface area contributed by atoms with Crippen LogP contribution >= 0.6 is 0 Å². The maximum Gasteiger partial charge on any atom is 0.416 e. The number of nitrogens with zero attached hydrogens (tertiary/aromatic N) is 2.